The molecule has 0 aliphatic carbocycles. The zero-order valence-electron chi connectivity index (χ0n) is 27.4. The van der Waals surface area contributed by atoms with Crippen LogP contribution in [0.4, 0.5) is 18.9 Å². The van der Waals surface area contributed by atoms with Gasteiger partial charge in [0.25, 0.3) is 5.91 Å². The van der Waals surface area contributed by atoms with Crippen molar-refractivity contribution in [3.63, 3.8) is 0 Å². The molecule has 4 aromatic carbocycles. The Labute approximate surface area is 288 Å². The number of hydrogen-bond donors (Lipinski definition) is 2. The van der Waals surface area contributed by atoms with E-state index in [1.54, 1.807) is 43.3 Å². The first-order valence-corrected chi connectivity index (χ1v) is 16.3. The van der Waals surface area contributed by atoms with Crippen LogP contribution >= 0.6 is 11.6 Å². The molecule has 0 saturated heterocycles. The second-order valence-electron chi connectivity index (χ2n) is 11.4. The number of alkyl halides is 3. The minimum Gasteiger partial charge on any atom is -0.466 e. The van der Waals surface area contributed by atoms with Gasteiger partial charge in [0.05, 0.1) is 18.9 Å². The molecule has 2 amide bonds. The van der Waals surface area contributed by atoms with E-state index >= 15 is 0 Å². The highest BCUT2D eigenvalue weighted by molar-refractivity contribution is 6.30. The van der Waals surface area contributed by atoms with Gasteiger partial charge >= 0.3 is 12.3 Å². The summed E-state index contributed by atoms with van der Waals surface area (Å²) in [5.74, 6) is -2.71. The molecule has 0 heterocycles. The average Bonchev–Trinajstić information content (AvgIpc) is 3.05. The lowest BCUT2D eigenvalue weighted by molar-refractivity contribution is -0.274. The summed E-state index contributed by atoms with van der Waals surface area (Å²) in [6.45, 7) is 6.02. The number of benzene rings is 4. The van der Waals surface area contributed by atoms with E-state index in [1.807, 2.05) is 44.2 Å². The maximum absolute atomic E-state index is 14.1. The largest absolute Gasteiger partial charge is 0.573 e. The SMILES string of the molecule is CCC[C@H](c1ccc(C(=O)NCCC(=O)OCC)cc1)C(C(=O)Nc1ccc(-c2ccc(Cl)cc2C)cc1)c1ccc(OC(F)(F)F)cc1. The van der Waals surface area contributed by atoms with E-state index in [1.165, 1.54) is 24.3 Å². The number of carbonyl (C=O) groups is 3. The van der Waals surface area contributed by atoms with E-state index < -0.39 is 29.9 Å². The molecule has 0 radical (unpaired) electrons. The van der Waals surface area contributed by atoms with Crippen molar-refractivity contribution in [2.24, 2.45) is 0 Å². The van der Waals surface area contributed by atoms with Gasteiger partial charge in [0, 0.05) is 22.8 Å². The van der Waals surface area contributed by atoms with E-state index in [4.69, 9.17) is 16.3 Å². The van der Waals surface area contributed by atoms with Crippen LogP contribution in [0.2, 0.25) is 5.02 Å². The second kappa shape index (κ2) is 17.0. The molecule has 2 atom stereocenters. The van der Waals surface area contributed by atoms with Crippen molar-refractivity contribution in [2.75, 3.05) is 18.5 Å². The molecule has 0 aliphatic heterocycles. The third kappa shape index (κ3) is 10.6. The second-order valence-corrected chi connectivity index (χ2v) is 11.9. The lowest BCUT2D eigenvalue weighted by atomic mass is 9.78. The Kier molecular flexibility index (Phi) is 12.8. The van der Waals surface area contributed by atoms with Crippen LogP contribution in [0.1, 0.15) is 72.0 Å². The summed E-state index contributed by atoms with van der Waals surface area (Å²) in [5, 5.41) is 6.34. The number of nitrogens with one attached hydrogen (secondary N) is 2. The lowest BCUT2D eigenvalue weighted by Crippen LogP contribution is -2.27. The minimum absolute atomic E-state index is 0.0450. The summed E-state index contributed by atoms with van der Waals surface area (Å²) in [5.41, 5.74) is 5.14. The first kappa shape index (κ1) is 37.0. The molecule has 0 bridgehead atoms. The average molecular weight is 695 g/mol. The van der Waals surface area contributed by atoms with Crippen LogP contribution in [-0.2, 0) is 14.3 Å². The highest BCUT2D eigenvalue weighted by Crippen LogP contribution is 2.39. The Balaban J connectivity index is 1.61. The van der Waals surface area contributed by atoms with Crippen molar-refractivity contribution in [2.45, 2.75) is 58.2 Å². The van der Waals surface area contributed by atoms with Crippen LogP contribution in [0.25, 0.3) is 11.1 Å². The number of hydrogen-bond acceptors (Lipinski definition) is 5. The topological polar surface area (TPSA) is 93.7 Å². The van der Waals surface area contributed by atoms with E-state index in [0.29, 0.717) is 34.7 Å². The molecule has 0 spiro atoms. The number of rotatable bonds is 14. The van der Waals surface area contributed by atoms with Crippen LogP contribution in [0.5, 0.6) is 5.75 Å². The summed E-state index contributed by atoms with van der Waals surface area (Å²) in [4.78, 5) is 38.4. The van der Waals surface area contributed by atoms with Crippen molar-refractivity contribution < 1.29 is 37.0 Å². The van der Waals surface area contributed by atoms with Gasteiger partial charge in [-0.15, -0.1) is 13.2 Å². The van der Waals surface area contributed by atoms with Crippen molar-refractivity contribution in [3.05, 3.63) is 118 Å². The van der Waals surface area contributed by atoms with Crippen molar-refractivity contribution in [3.8, 4) is 16.9 Å². The van der Waals surface area contributed by atoms with Crippen LogP contribution in [0.3, 0.4) is 0 Å². The van der Waals surface area contributed by atoms with Crippen molar-refractivity contribution >= 4 is 35.1 Å². The molecule has 0 aromatic heterocycles. The number of anilines is 1. The van der Waals surface area contributed by atoms with Crippen LogP contribution < -0.4 is 15.4 Å². The molecular formula is C38H38ClF3N2O5. The van der Waals surface area contributed by atoms with Crippen LogP contribution in [0.15, 0.2) is 91.0 Å². The summed E-state index contributed by atoms with van der Waals surface area (Å²) in [7, 11) is 0. The third-order valence-electron chi connectivity index (χ3n) is 7.93. The van der Waals surface area contributed by atoms with Crippen molar-refractivity contribution in [1.82, 2.24) is 5.32 Å². The number of aryl methyl sites for hydroxylation is 1. The Morgan fingerprint density at radius 1 is 0.857 bits per heavy atom. The molecule has 7 nitrogen and oxygen atoms in total. The Morgan fingerprint density at radius 3 is 2.10 bits per heavy atom. The fraction of sp³-hybridized carbons (Fsp3) is 0.289. The summed E-state index contributed by atoms with van der Waals surface area (Å²) >= 11 is 6.12. The molecule has 4 aromatic rings. The molecule has 0 aliphatic rings. The highest BCUT2D eigenvalue weighted by Gasteiger charge is 2.33. The maximum Gasteiger partial charge on any atom is 0.573 e. The molecule has 1 unspecified atom stereocenters. The van der Waals surface area contributed by atoms with Gasteiger partial charge < -0.3 is 20.1 Å². The molecule has 258 valence electrons. The van der Waals surface area contributed by atoms with Gasteiger partial charge in [-0.3, -0.25) is 14.4 Å². The van der Waals surface area contributed by atoms with E-state index in [2.05, 4.69) is 15.4 Å². The van der Waals surface area contributed by atoms with Gasteiger partial charge in [0.1, 0.15) is 5.75 Å². The van der Waals surface area contributed by atoms with Crippen LogP contribution in [-0.4, -0.2) is 37.3 Å². The molecule has 49 heavy (non-hydrogen) atoms. The molecule has 0 saturated carbocycles. The zero-order valence-corrected chi connectivity index (χ0v) is 28.2. The summed E-state index contributed by atoms with van der Waals surface area (Å²) in [6, 6.07) is 25.1. The smallest absolute Gasteiger partial charge is 0.466 e. The van der Waals surface area contributed by atoms with Gasteiger partial charge in [-0.05, 0) is 103 Å². The van der Waals surface area contributed by atoms with E-state index in [9.17, 15) is 27.6 Å². The van der Waals surface area contributed by atoms with Gasteiger partial charge in [-0.2, -0.15) is 0 Å². The number of esters is 1. The minimum atomic E-state index is -4.85. The maximum atomic E-state index is 14.1. The predicted molar refractivity (Wildman–Crippen MR) is 184 cm³/mol. The van der Waals surface area contributed by atoms with Gasteiger partial charge in [-0.1, -0.05) is 67.4 Å². The Hall–Kier alpha value is -4.83. The quantitative estimate of drug-likeness (QED) is 0.128. The fourth-order valence-electron chi connectivity index (χ4n) is 5.68. The summed E-state index contributed by atoms with van der Waals surface area (Å²) < 4.78 is 47.6. The standard InChI is InChI=1S/C38H38ClF3N2O5/c1-4-6-33(26-7-9-28(10-8-26)36(46)43-22-21-34(45)48-5-2)35(27-13-18-31(19-14-27)49-38(40,41)42)37(47)44-30-16-11-25(12-17-30)32-20-15-29(39)23-24(32)3/h7-20,23,33,35H,4-6,21-22H2,1-3H3,(H,43,46)(H,44,47)/t33-,35?/m1/s1. The molecular weight excluding hydrogens is 657 g/mol. The summed E-state index contributed by atoms with van der Waals surface area (Å²) in [6.07, 6.45) is -3.54. The zero-order chi connectivity index (χ0) is 35.6. The van der Waals surface area contributed by atoms with Crippen LogP contribution in [0, 0.1) is 6.92 Å². The molecule has 4 rings (SSSR count). The van der Waals surface area contributed by atoms with E-state index in [-0.39, 0.29) is 31.4 Å². The number of carbonyl (C=O) groups excluding carboxylic acids is 3. The van der Waals surface area contributed by atoms with Crippen molar-refractivity contribution in [1.29, 1.82) is 0 Å². The van der Waals surface area contributed by atoms with Gasteiger partial charge in [-0.25, -0.2) is 0 Å². The lowest BCUT2D eigenvalue weighted by Gasteiger charge is -2.28. The third-order valence-corrected chi connectivity index (χ3v) is 8.17. The monoisotopic (exact) mass is 694 g/mol. The first-order chi connectivity index (χ1) is 23.4. The molecule has 11 heteroatoms. The first-order valence-electron chi connectivity index (χ1n) is 16.0. The Morgan fingerprint density at radius 2 is 1.51 bits per heavy atom. The number of ether oxygens (including phenoxy) is 2. The highest BCUT2D eigenvalue weighted by atomic mass is 35.5. The molecule has 0 fully saturated rings. The normalized spacial score (nSPS) is 12.5. The van der Waals surface area contributed by atoms with Gasteiger partial charge in [0.15, 0.2) is 0 Å². The Bertz CT molecular complexity index is 1730. The fourth-order valence-corrected chi connectivity index (χ4v) is 5.91. The predicted octanol–water partition coefficient (Wildman–Crippen LogP) is 9.20. The number of halogens is 4. The van der Waals surface area contributed by atoms with E-state index in [0.717, 1.165) is 22.3 Å². The number of amides is 2. The molecule has 2 N–H and O–H groups in total. The van der Waals surface area contributed by atoms with Gasteiger partial charge in [0.2, 0.25) is 5.91 Å².